The van der Waals surface area contributed by atoms with Gasteiger partial charge in [-0.15, -0.1) is 0 Å². The molecule has 0 unspecified atom stereocenters. The summed E-state index contributed by atoms with van der Waals surface area (Å²) in [5.74, 6) is 1.55. The van der Waals surface area contributed by atoms with E-state index in [4.69, 9.17) is 4.74 Å². The second-order valence-corrected chi connectivity index (χ2v) is 9.29. The number of ether oxygens (including phenoxy) is 1. The van der Waals surface area contributed by atoms with Crippen LogP contribution < -0.4 is 0 Å². The van der Waals surface area contributed by atoms with Gasteiger partial charge in [-0.1, -0.05) is 118 Å². The van der Waals surface area contributed by atoms with Gasteiger partial charge in [0.05, 0.1) is 6.61 Å². The highest BCUT2D eigenvalue weighted by Gasteiger charge is 2.03. The fourth-order valence-electron chi connectivity index (χ4n) is 3.51. The molecule has 0 atom stereocenters. The number of hydrogen-bond donors (Lipinski definition) is 0. The number of carbonyl (C=O) groups is 1. The van der Waals surface area contributed by atoms with E-state index in [0.29, 0.717) is 18.9 Å². The fourth-order valence-corrected chi connectivity index (χ4v) is 3.51. The molecule has 0 aromatic heterocycles. The van der Waals surface area contributed by atoms with Crippen LogP contribution in [-0.4, -0.2) is 12.6 Å². The quantitative estimate of drug-likeness (QED) is 0.156. The first-order valence-corrected chi connectivity index (χ1v) is 12.2. The molecule has 0 amide bonds. The van der Waals surface area contributed by atoms with Gasteiger partial charge in [0.25, 0.3) is 0 Å². The highest BCUT2D eigenvalue weighted by atomic mass is 16.5. The van der Waals surface area contributed by atoms with Crippen LogP contribution in [-0.2, 0) is 9.53 Å². The van der Waals surface area contributed by atoms with Gasteiger partial charge < -0.3 is 4.74 Å². The molecule has 0 aromatic carbocycles. The molecule has 0 saturated carbocycles. The topological polar surface area (TPSA) is 26.3 Å². The molecule has 0 radical (unpaired) electrons. The molecular weight excluding hydrogens is 332 g/mol. The van der Waals surface area contributed by atoms with Crippen LogP contribution >= 0.6 is 0 Å². The summed E-state index contributed by atoms with van der Waals surface area (Å²) in [4.78, 5) is 11.6. The third-order valence-electron chi connectivity index (χ3n) is 5.35. The van der Waals surface area contributed by atoms with Gasteiger partial charge in [0, 0.05) is 6.42 Å². The van der Waals surface area contributed by atoms with E-state index in [1.54, 1.807) is 0 Å². The van der Waals surface area contributed by atoms with Crippen molar-refractivity contribution in [2.45, 2.75) is 137 Å². The minimum Gasteiger partial charge on any atom is -0.466 e. The Morgan fingerprint density at radius 3 is 1.37 bits per heavy atom. The average Bonchev–Trinajstić information content (AvgIpc) is 2.60. The van der Waals surface area contributed by atoms with Crippen LogP contribution in [0, 0.1) is 11.8 Å². The summed E-state index contributed by atoms with van der Waals surface area (Å²) >= 11 is 0. The molecule has 0 aliphatic carbocycles. The lowest BCUT2D eigenvalue weighted by molar-refractivity contribution is -0.143. The van der Waals surface area contributed by atoms with E-state index < -0.39 is 0 Å². The molecule has 2 heteroatoms. The normalized spacial score (nSPS) is 11.5. The van der Waals surface area contributed by atoms with E-state index in [1.165, 1.54) is 83.5 Å². The summed E-state index contributed by atoms with van der Waals surface area (Å²) in [5, 5.41) is 0. The Hall–Kier alpha value is -0.530. The molecule has 0 aromatic rings. The van der Waals surface area contributed by atoms with E-state index >= 15 is 0 Å². The molecule has 0 spiro atoms. The first kappa shape index (κ1) is 26.5. The smallest absolute Gasteiger partial charge is 0.305 e. The summed E-state index contributed by atoms with van der Waals surface area (Å²) in [6, 6.07) is 0. The van der Waals surface area contributed by atoms with Crippen LogP contribution in [0.3, 0.4) is 0 Å². The lowest BCUT2D eigenvalue weighted by atomic mass is 10.0. The third-order valence-corrected chi connectivity index (χ3v) is 5.35. The second-order valence-electron chi connectivity index (χ2n) is 9.29. The molecule has 2 nitrogen and oxygen atoms in total. The van der Waals surface area contributed by atoms with Crippen LogP contribution in [0.1, 0.15) is 137 Å². The number of hydrogen-bond acceptors (Lipinski definition) is 2. The summed E-state index contributed by atoms with van der Waals surface area (Å²) < 4.78 is 5.30. The average molecular weight is 383 g/mol. The van der Waals surface area contributed by atoms with E-state index in [2.05, 4.69) is 27.7 Å². The molecule has 0 rings (SSSR count). The number of carbonyl (C=O) groups excluding carboxylic acids is 1. The van der Waals surface area contributed by atoms with Crippen molar-refractivity contribution in [1.82, 2.24) is 0 Å². The van der Waals surface area contributed by atoms with Gasteiger partial charge in [-0.05, 0) is 24.7 Å². The lowest BCUT2D eigenvalue weighted by Crippen LogP contribution is -2.06. The first-order chi connectivity index (χ1) is 13.0. The molecule has 27 heavy (non-hydrogen) atoms. The monoisotopic (exact) mass is 382 g/mol. The van der Waals surface area contributed by atoms with Gasteiger partial charge in [-0.3, -0.25) is 4.79 Å². The van der Waals surface area contributed by atoms with Crippen LogP contribution in [0.4, 0.5) is 0 Å². The predicted molar refractivity (Wildman–Crippen MR) is 119 cm³/mol. The van der Waals surface area contributed by atoms with Gasteiger partial charge in [0.15, 0.2) is 0 Å². The van der Waals surface area contributed by atoms with Crippen molar-refractivity contribution in [3.63, 3.8) is 0 Å². The molecular formula is C25H50O2. The van der Waals surface area contributed by atoms with Crippen molar-refractivity contribution < 1.29 is 9.53 Å². The molecule has 0 aliphatic heterocycles. The van der Waals surface area contributed by atoms with Crippen molar-refractivity contribution in [1.29, 1.82) is 0 Å². The standard InChI is InChI=1S/C25H50O2/c1-23(2)19-16-14-12-10-8-6-5-7-9-11-13-15-17-22-27-25(26)21-18-20-24(3)4/h23-24H,5-22H2,1-4H3. The molecule has 0 fully saturated rings. The Morgan fingerprint density at radius 2 is 0.926 bits per heavy atom. The summed E-state index contributed by atoms with van der Waals surface area (Å²) in [6.45, 7) is 9.66. The minimum atomic E-state index is -0.00410. The van der Waals surface area contributed by atoms with Crippen LogP contribution in [0.5, 0.6) is 0 Å². The Morgan fingerprint density at radius 1 is 0.556 bits per heavy atom. The van der Waals surface area contributed by atoms with Gasteiger partial charge in [0.1, 0.15) is 0 Å². The summed E-state index contributed by atoms with van der Waals surface area (Å²) in [7, 11) is 0. The summed E-state index contributed by atoms with van der Waals surface area (Å²) in [5.41, 5.74) is 0. The highest BCUT2D eigenvalue weighted by molar-refractivity contribution is 5.69. The van der Waals surface area contributed by atoms with Crippen molar-refractivity contribution in [2.24, 2.45) is 11.8 Å². The number of esters is 1. The van der Waals surface area contributed by atoms with Gasteiger partial charge >= 0.3 is 5.97 Å². The van der Waals surface area contributed by atoms with Gasteiger partial charge in [0.2, 0.25) is 0 Å². The molecule has 0 aliphatic rings. The van der Waals surface area contributed by atoms with E-state index in [0.717, 1.165) is 25.2 Å². The van der Waals surface area contributed by atoms with Crippen LogP contribution in [0.25, 0.3) is 0 Å². The molecule has 0 N–H and O–H groups in total. The Bertz CT molecular complexity index is 309. The zero-order valence-corrected chi connectivity index (χ0v) is 19.2. The Balaban J connectivity index is 3.11. The Kier molecular flexibility index (Phi) is 19.8. The first-order valence-electron chi connectivity index (χ1n) is 12.2. The SMILES string of the molecule is CC(C)CCCCCCCCCCCCCCCOC(=O)CCCC(C)C. The molecule has 162 valence electrons. The van der Waals surface area contributed by atoms with Crippen molar-refractivity contribution in [3.05, 3.63) is 0 Å². The van der Waals surface area contributed by atoms with Gasteiger partial charge in [-0.25, -0.2) is 0 Å². The fraction of sp³-hybridized carbons (Fsp3) is 0.960. The zero-order valence-electron chi connectivity index (χ0n) is 19.2. The van der Waals surface area contributed by atoms with Gasteiger partial charge in [-0.2, -0.15) is 0 Å². The lowest BCUT2D eigenvalue weighted by Gasteiger charge is -2.06. The highest BCUT2D eigenvalue weighted by Crippen LogP contribution is 2.14. The molecule has 0 bridgehead atoms. The maximum absolute atomic E-state index is 11.6. The number of unbranched alkanes of at least 4 members (excludes halogenated alkanes) is 12. The van der Waals surface area contributed by atoms with Crippen molar-refractivity contribution >= 4 is 5.97 Å². The second kappa shape index (κ2) is 20.2. The van der Waals surface area contributed by atoms with E-state index in [1.807, 2.05) is 0 Å². The molecule has 0 saturated heterocycles. The van der Waals surface area contributed by atoms with Crippen LogP contribution in [0.2, 0.25) is 0 Å². The Labute approximate surface area is 171 Å². The maximum Gasteiger partial charge on any atom is 0.305 e. The molecule has 0 heterocycles. The van der Waals surface area contributed by atoms with Crippen molar-refractivity contribution in [2.75, 3.05) is 6.61 Å². The van der Waals surface area contributed by atoms with Crippen molar-refractivity contribution in [3.8, 4) is 0 Å². The van der Waals surface area contributed by atoms with Crippen LogP contribution in [0.15, 0.2) is 0 Å². The number of rotatable bonds is 20. The zero-order chi connectivity index (χ0) is 20.2. The van der Waals surface area contributed by atoms with E-state index in [-0.39, 0.29) is 5.97 Å². The van der Waals surface area contributed by atoms with E-state index in [9.17, 15) is 4.79 Å². The maximum atomic E-state index is 11.6. The summed E-state index contributed by atoms with van der Waals surface area (Å²) in [6.07, 6.45) is 21.8. The predicted octanol–water partition coefficient (Wildman–Crippen LogP) is 8.47. The largest absolute Gasteiger partial charge is 0.466 e. The minimum absolute atomic E-state index is 0.00410. The third kappa shape index (κ3) is 23.4.